The van der Waals surface area contributed by atoms with E-state index in [0.717, 1.165) is 48.9 Å². The Kier molecular flexibility index (Phi) is 6.31. The van der Waals surface area contributed by atoms with Gasteiger partial charge in [-0.05, 0) is 53.5 Å². The van der Waals surface area contributed by atoms with Crippen molar-refractivity contribution in [1.82, 2.24) is 0 Å². The van der Waals surface area contributed by atoms with Crippen LogP contribution in [0.4, 0.5) is 13.2 Å². The highest BCUT2D eigenvalue weighted by Gasteiger charge is 2.21. The van der Waals surface area contributed by atoms with Crippen LogP contribution >= 0.6 is 0 Å². The first kappa shape index (κ1) is 19.6. The lowest BCUT2D eigenvalue weighted by atomic mass is 9.79. The molecule has 0 saturated heterocycles. The first-order chi connectivity index (χ1) is 11.8. The van der Waals surface area contributed by atoms with Crippen LogP contribution in [0.5, 0.6) is 0 Å². The van der Waals surface area contributed by atoms with Gasteiger partial charge in [0.2, 0.25) is 0 Å². The molecule has 2 aromatic carbocycles. The third kappa shape index (κ3) is 4.87. The van der Waals surface area contributed by atoms with E-state index in [1.54, 1.807) is 0 Å². The smallest absolute Gasteiger partial charge is 0.206 e. The van der Waals surface area contributed by atoms with Gasteiger partial charge in [-0.25, -0.2) is 13.2 Å². The van der Waals surface area contributed by atoms with Gasteiger partial charge in [-0.1, -0.05) is 58.4 Å². The van der Waals surface area contributed by atoms with E-state index in [9.17, 15) is 13.2 Å². The molecule has 2 aromatic rings. The van der Waals surface area contributed by atoms with Gasteiger partial charge in [-0.15, -0.1) is 0 Å². The van der Waals surface area contributed by atoms with E-state index >= 15 is 0 Å². The number of hydrogen-bond donors (Lipinski definition) is 0. The first-order valence-electron chi connectivity index (χ1n) is 8.97. The first-order valence-corrected chi connectivity index (χ1v) is 8.97. The van der Waals surface area contributed by atoms with Crippen molar-refractivity contribution < 1.29 is 13.2 Å². The molecule has 0 nitrogen and oxygen atoms in total. The quantitative estimate of drug-likeness (QED) is 0.490. The second-order valence-electron chi connectivity index (χ2n) is 7.48. The average molecular weight is 348 g/mol. The van der Waals surface area contributed by atoms with Crippen LogP contribution in [0.3, 0.4) is 0 Å². The molecule has 0 atom stereocenters. The summed E-state index contributed by atoms with van der Waals surface area (Å²) in [5, 5.41) is 0. The van der Waals surface area contributed by atoms with Crippen molar-refractivity contribution in [2.75, 3.05) is 0 Å². The zero-order chi connectivity index (χ0) is 18.6. The predicted molar refractivity (Wildman–Crippen MR) is 98.6 cm³/mol. The van der Waals surface area contributed by atoms with Crippen LogP contribution in [-0.4, -0.2) is 0 Å². The standard InChI is InChI=1S/C22H27F3/c1-5-11-22(3,4)14-17-12-15(6-2)7-9-18(17)19-13-16(21(24)25)8-10-20(19)23/h7-10,12-13,21H,5-6,11,14H2,1-4H3. The van der Waals surface area contributed by atoms with E-state index in [2.05, 4.69) is 33.8 Å². The van der Waals surface area contributed by atoms with Gasteiger partial charge in [0.05, 0.1) is 0 Å². The van der Waals surface area contributed by atoms with E-state index in [1.165, 1.54) is 11.6 Å². The zero-order valence-corrected chi connectivity index (χ0v) is 15.5. The molecule has 0 N–H and O–H groups in total. The number of benzene rings is 2. The van der Waals surface area contributed by atoms with Crippen LogP contribution in [0.2, 0.25) is 0 Å². The summed E-state index contributed by atoms with van der Waals surface area (Å²) in [5.74, 6) is -0.455. The molecule has 2 rings (SSSR count). The third-order valence-corrected chi connectivity index (χ3v) is 4.71. The molecular formula is C22H27F3. The van der Waals surface area contributed by atoms with Crippen LogP contribution in [-0.2, 0) is 12.8 Å². The topological polar surface area (TPSA) is 0 Å². The van der Waals surface area contributed by atoms with Crippen LogP contribution in [0.25, 0.3) is 11.1 Å². The number of rotatable bonds is 7. The van der Waals surface area contributed by atoms with Gasteiger partial charge in [0.15, 0.2) is 0 Å². The zero-order valence-electron chi connectivity index (χ0n) is 15.5. The Morgan fingerprint density at radius 2 is 1.68 bits per heavy atom. The largest absolute Gasteiger partial charge is 0.263 e. The Hall–Kier alpha value is -1.77. The molecule has 136 valence electrons. The highest BCUT2D eigenvalue weighted by molar-refractivity contribution is 5.69. The molecule has 0 unspecified atom stereocenters. The summed E-state index contributed by atoms with van der Waals surface area (Å²) in [7, 11) is 0. The van der Waals surface area contributed by atoms with Crippen molar-refractivity contribution in [2.24, 2.45) is 5.41 Å². The summed E-state index contributed by atoms with van der Waals surface area (Å²) in [5.41, 5.74) is 3.13. The summed E-state index contributed by atoms with van der Waals surface area (Å²) < 4.78 is 40.5. The molecule has 0 spiro atoms. The van der Waals surface area contributed by atoms with Crippen molar-refractivity contribution in [2.45, 2.75) is 59.8 Å². The lowest BCUT2D eigenvalue weighted by Crippen LogP contribution is -2.15. The molecule has 0 radical (unpaired) electrons. The predicted octanol–water partition coefficient (Wildman–Crippen LogP) is 7.36. The second kappa shape index (κ2) is 8.07. The van der Waals surface area contributed by atoms with Gasteiger partial charge in [-0.2, -0.15) is 0 Å². The maximum absolute atomic E-state index is 14.4. The number of alkyl halides is 2. The lowest BCUT2D eigenvalue weighted by molar-refractivity contribution is 0.151. The van der Waals surface area contributed by atoms with Crippen LogP contribution in [0.15, 0.2) is 36.4 Å². The van der Waals surface area contributed by atoms with Crippen LogP contribution < -0.4 is 0 Å². The molecule has 0 aromatic heterocycles. The van der Waals surface area contributed by atoms with E-state index in [0.29, 0.717) is 0 Å². The molecule has 0 aliphatic rings. The average Bonchev–Trinajstić information content (AvgIpc) is 2.54. The van der Waals surface area contributed by atoms with Gasteiger partial charge in [0.25, 0.3) is 6.43 Å². The van der Waals surface area contributed by atoms with E-state index in [4.69, 9.17) is 0 Å². The second-order valence-corrected chi connectivity index (χ2v) is 7.48. The Balaban J connectivity index is 2.56. The fourth-order valence-electron chi connectivity index (χ4n) is 3.44. The van der Waals surface area contributed by atoms with Gasteiger partial charge in [-0.3, -0.25) is 0 Å². The molecular weight excluding hydrogens is 321 g/mol. The molecule has 3 heteroatoms. The van der Waals surface area contributed by atoms with Crippen molar-refractivity contribution in [3.63, 3.8) is 0 Å². The maximum Gasteiger partial charge on any atom is 0.263 e. The molecule has 0 aliphatic heterocycles. The fourth-order valence-corrected chi connectivity index (χ4v) is 3.44. The molecule has 0 bridgehead atoms. The van der Waals surface area contributed by atoms with Gasteiger partial charge in [0.1, 0.15) is 5.82 Å². The van der Waals surface area contributed by atoms with Gasteiger partial charge >= 0.3 is 0 Å². The third-order valence-electron chi connectivity index (χ3n) is 4.71. The molecule has 0 amide bonds. The summed E-state index contributed by atoms with van der Waals surface area (Å²) in [4.78, 5) is 0. The van der Waals surface area contributed by atoms with E-state index in [-0.39, 0.29) is 16.5 Å². The highest BCUT2D eigenvalue weighted by Crippen LogP contribution is 2.36. The minimum atomic E-state index is -2.60. The Bertz CT molecular complexity index is 717. The maximum atomic E-state index is 14.4. The Labute approximate surface area is 149 Å². The number of hydrogen-bond acceptors (Lipinski definition) is 0. The van der Waals surface area contributed by atoms with E-state index in [1.807, 2.05) is 12.1 Å². The number of aryl methyl sites for hydroxylation is 1. The van der Waals surface area contributed by atoms with Gasteiger partial charge in [0, 0.05) is 11.1 Å². The minimum Gasteiger partial charge on any atom is -0.206 e. The van der Waals surface area contributed by atoms with E-state index < -0.39 is 12.2 Å². The number of halogens is 3. The molecule has 0 aliphatic carbocycles. The van der Waals surface area contributed by atoms with Crippen LogP contribution in [0.1, 0.15) is 63.7 Å². The molecule has 0 saturated carbocycles. The Morgan fingerprint density at radius 3 is 2.28 bits per heavy atom. The van der Waals surface area contributed by atoms with Crippen molar-refractivity contribution in [1.29, 1.82) is 0 Å². The van der Waals surface area contributed by atoms with Gasteiger partial charge < -0.3 is 0 Å². The molecule has 0 heterocycles. The van der Waals surface area contributed by atoms with Crippen molar-refractivity contribution in [3.05, 3.63) is 58.9 Å². The normalized spacial score (nSPS) is 12.0. The molecule has 25 heavy (non-hydrogen) atoms. The van der Waals surface area contributed by atoms with Crippen molar-refractivity contribution in [3.8, 4) is 11.1 Å². The monoisotopic (exact) mass is 348 g/mol. The molecule has 0 fully saturated rings. The summed E-state index contributed by atoms with van der Waals surface area (Å²) in [6, 6.07) is 9.53. The lowest BCUT2D eigenvalue weighted by Gasteiger charge is -2.26. The SMILES string of the molecule is CCCC(C)(C)Cc1cc(CC)ccc1-c1cc(C(F)F)ccc1F. The minimum absolute atomic E-state index is 0.0761. The summed E-state index contributed by atoms with van der Waals surface area (Å²) >= 11 is 0. The Morgan fingerprint density at radius 1 is 0.960 bits per heavy atom. The fraction of sp³-hybridized carbons (Fsp3) is 0.455. The highest BCUT2D eigenvalue weighted by atomic mass is 19.3. The van der Waals surface area contributed by atoms with Crippen LogP contribution in [0, 0.1) is 11.2 Å². The van der Waals surface area contributed by atoms with Crippen molar-refractivity contribution >= 4 is 0 Å². The summed E-state index contributed by atoms with van der Waals surface area (Å²) in [6.45, 7) is 8.63. The summed E-state index contributed by atoms with van der Waals surface area (Å²) in [6.07, 6.45) is 1.21.